The van der Waals surface area contributed by atoms with E-state index in [4.69, 9.17) is 15.2 Å². The van der Waals surface area contributed by atoms with E-state index >= 15 is 0 Å². The minimum atomic E-state index is -0.973. The van der Waals surface area contributed by atoms with E-state index in [-0.39, 0.29) is 48.8 Å². The van der Waals surface area contributed by atoms with Crippen LogP contribution in [0.4, 0.5) is 0 Å². The molecule has 0 saturated carbocycles. The Balaban J connectivity index is 1.72. The van der Waals surface area contributed by atoms with Crippen LogP contribution in [0.15, 0.2) is 17.1 Å². The predicted octanol–water partition coefficient (Wildman–Crippen LogP) is 1.32. The van der Waals surface area contributed by atoms with Gasteiger partial charge in [-0.15, -0.1) is 5.92 Å². The van der Waals surface area contributed by atoms with Crippen molar-refractivity contribution in [2.75, 3.05) is 33.2 Å². The van der Waals surface area contributed by atoms with E-state index in [1.165, 1.54) is 6.92 Å². The summed E-state index contributed by atoms with van der Waals surface area (Å²) < 4.78 is 12.6. The highest BCUT2D eigenvalue weighted by Crippen LogP contribution is 2.41. The van der Waals surface area contributed by atoms with Crippen molar-refractivity contribution in [1.29, 1.82) is 0 Å². The Labute approximate surface area is 296 Å². The summed E-state index contributed by atoms with van der Waals surface area (Å²) in [4.78, 5) is 16.7. The molecule has 50 heavy (non-hydrogen) atoms. The molecule has 5 rings (SSSR count). The lowest BCUT2D eigenvalue weighted by Crippen LogP contribution is -2.59. The number of guanidine groups is 1. The molecule has 1 fully saturated rings. The number of aliphatic hydroxyl groups excluding tert-OH is 3. The highest BCUT2D eigenvalue weighted by atomic mass is 16.5. The van der Waals surface area contributed by atoms with E-state index in [2.05, 4.69) is 44.6 Å². The third-order valence-corrected chi connectivity index (χ3v) is 11.0. The van der Waals surface area contributed by atoms with Crippen molar-refractivity contribution in [2.45, 2.75) is 108 Å². The van der Waals surface area contributed by atoms with Gasteiger partial charge in [0.2, 0.25) is 0 Å². The quantitative estimate of drug-likeness (QED) is 0.0961. The molecule has 9 atom stereocenters. The summed E-state index contributed by atoms with van der Waals surface area (Å²) in [5.74, 6) is 13.2. The molecule has 274 valence electrons. The second-order valence-electron chi connectivity index (χ2n) is 14.7. The van der Waals surface area contributed by atoms with E-state index in [9.17, 15) is 25.2 Å². The molecule has 1 aliphatic carbocycles. The maximum atomic E-state index is 12.7. The Bertz CT molecular complexity index is 1510. The Kier molecular flexibility index (Phi) is 12.6. The summed E-state index contributed by atoms with van der Waals surface area (Å²) in [7, 11) is 1.58. The van der Waals surface area contributed by atoms with Gasteiger partial charge in [0.25, 0.3) is 0 Å². The van der Waals surface area contributed by atoms with E-state index in [0.717, 1.165) is 31.5 Å². The van der Waals surface area contributed by atoms with Crippen LogP contribution in [0, 0.1) is 46.9 Å². The first-order valence-corrected chi connectivity index (χ1v) is 18.0. The van der Waals surface area contributed by atoms with Crippen molar-refractivity contribution in [3.63, 3.8) is 0 Å². The third kappa shape index (κ3) is 9.22. The van der Waals surface area contributed by atoms with Gasteiger partial charge < -0.3 is 51.6 Å². The molecule has 1 saturated heterocycles. The van der Waals surface area contributed by atoms with Crippen LogP contribution in [0.3, 0.4) is 0 Å². The second kappa shape index (κ2) is 16.7. The van der Waals surface area contributed by atoms with E-state index in [1.54, 1.807) is 26.1 Å². The summed E-state index contributed by atoms with van der Waals surface area (Å²) in [6.07, 6.45) is 1.97. The number of nitrogens with zero attached hydrogens (tertiary/aromatic N) is 1. The van der Waals surface area contributed by atoms with Crippen LogP contribution >= 0.6 is 0 Å². The van der Waals surface area contributed by atoms with Crippen molar-refractivity contribution in [3.8, 4) is 35.2 Å². The van der Waals surface area contributed by atoms with Crippen LogP contribution in [0.25, 0.3) is 0 Å². The number of carbonyl (C=O) groups is 1. The summed E-state index contributed by atoms with van der Waals surface area (Å²) in [6.45, 7) is 5.18. The second-order valence-corrected chi connectivity index (χ2v) is 14.7. The Hall–Kier alpha value is -3.52. The molecule has 1 aromatic rings. The normalized spacial score (nSPS) is 33.8. The number of esters is 1. The molecule has 0 amide bonds. The van der Waals surface area contributed by atoms with Crippen molar-refractivity contribution in [1.82, 2.24) is 16.0 Å². The van der Waals surface area contributed by atoms with Crippen LogP contribution < -0.4 is 26.4 Å². The zero-order chi connectivity index (χ0) is 35.9. The van der Waals surface area contributed by atoms with Gasteiger partial charge in [0.15, 0.2) is 17.5 Å². The molecule has 0 aromatic heterocycles. The number of phenols is 1. The number of nitrogens with two attached hydrogens (primary N) is 1. The molecule has 1 spiro atoms. The van der Waals surface area contributed by atoms with Crippen LogP contribution in [-0.2, 0) is 22.6 Å². The van der Waals surface area contributed by atoms with E-state index in [0.29, 0.717) is 56.4 Å². The molecule has 5 bridgehead atoms. The molecule has 0 radical (unpaired) electrons. The number of rotatable bonds is 5. The number of hydrogen-bond acceptors (Lipinski definition) is 10. The van der Waals surface area contributed by atoms with Gasteiger partial charge in [0.05, 0.1) is 24.2 Å². The third-order valence-electron chi connectivity index (χ3n) is 11.0. The predicted molar refractivity (Wildman–Crippen MR) is 190 cm³/mol. The molecular formula is C38H55N5O7. The van der Waals surface area contributed by atoms with Crippen molar-refractivity contribution < 1.29 is 34.7 Å². The Morgan fingerprint density at radius 3 is 2.80 bits per heavy atom. The van der Waals surface area contributed by atoms with Gasteiger partial charge in [-0.1, -0.05) is 17.8 Å². The first kappa shape index (κ1) is 37.7. The number of fused-ring (bicyclic) bond motifs is 5. The number of ether oxygens (including phenoxy) is 2. The Morgan fingerprint density at radius 2 is 2.06 bits per heavy atom. The van der Waals surface area contributed by atoms with Gasteiger partial charge in [0.1, 0.15) is 12.2 Å². The van der Waals surface area contributed by atoms with Gasteiger partial charge in [-0.3, -0.25) is 9.79 Å². The monoisotopic (exact) mass is 693 g/mol. The minimum absolute atomic E-state index is 0.0463. The Morgan fingerprint density at radius 1 is 1.24 bits per heavy atom. The molecule has 1 aromatic carbocycles. The SMILES string of the molecule is CN=C(N)NC[C@]1([C@H](C)O)C#C[C@H]2C[C@@H]3C#CCCNC[C@@]4(C3)C[C@@H](CCN4)Oc3cc(c(CO)cc3O)C[C@H]2[C@@H](OC(C)=O)C[C@@H](O)CC1. The lowest BCUT2D eigenvalue weighted by molar-refractivity contribution is -0.152. The average Bonchev–Trinajstić information content (AvgIpc) is 3.16. The highest BCUT2D eigenvalue weighted by molar-refractivity contribution is 5.77. The van der Waals surface area contributed by atoms with Crippen LogP contribution in [-0.4, -0.2) is 95.5 Å². The smallest absolute Gasteiger partial charge is 0.302 e. The molecule has 0 unspecified atom stereocenters. The molecule has 4 aliphatic rings. The highest BCUT2D eigenvalue weighted by Gasteiger charge is 2.43. The van der Waals surface area contributed by atoms with Crippen molar-refractivity contribution in [3.05, 3.63) is 23.3 Å². The number of nitrogens with one attached hydrogen (secondary N) is 3. The van der Waals surface area contributed by atoms with Gasteiger partial charge in [-0.2, -0.15) is 0 Å². The van der Waals surface area contributed by atoms with Crippen LogP contribution in [0.5, 0.6) is 11.5 Å². The number of phenolic OH excluding ortho intramolecular Hbond substituents is 1. The number of carbonyl (C=O) groups excluding carboxylic acids is 1. The molecule has 9 N–H and O–H groups in total. The van der Waals surface area contributed by atoms with E-state index < -0.39 is 41.5 Å². The number of aliphatic hydroxyl groups is 3. The number of aromatic hydroxyl groups is 1. The van der Waals surface area contributed by atoms with Gasteiger partial charge in [-0.25, -0.2) is 0 Å². The maximum Gasteiger partial charge on any atom is 0.302 e. The summed E-state index contributed by atoms with van der Waals surface area (Å²) in [5, 5.41) is 54.8. The minimum Gasteiger partial charge on any atom is -0.504 e. The van der Waals surface area contributed by atoms with Crippen LogP contribution in [0.1, 0.15) is 76.3 Å². The summed E-state index contributed by atoms with van der Waals surface area (Å²) >= 11 is 0. The summed E-state index contributed by atoms with van der Waals surface area (Å²) in [5.41, 5.74) is 5.98. The van der Waals surface area contributed by atoms with Gasteiger partial charge in [-0.05, 0) is 75.3 Å². The zero-order valence-electron chi connectivity index (χ0n) is 29.6. The standard InChI is InChI=1S/C38H55N5O7/c1-24(45)37(22-42-36(39)40-3)10-7-27-14-26-6-4-5-12-41-23-38(19-26)20-31(9-13-43-38)50-35-17-28(29(21-44)16-33(35)48)15-32(27)34(49-25(2)46)18-30(47)8-11-37/h16-17,24,26-27,30-32,34,41,43-45,47-48H,5,8-9,11-15,18-23H2,1-3H3,(H3,39,40,42)/t24-,26-,27-,30-,31+,32+,34-,37-,38+/m0/s1. The topological polar surface area (TPSA) is 191 Å². The van der Waals surface area contributed by atoms with Crippen molar-refractivity contribution in [2.24, 2.45) is 33.9 Å². The molecule has 3 aliphatic heterocycles. The number of aliphatic imine (C=N–C) groups is 1. The molecule has 12 nitrogen and oxygen atoms in total. The maximum absolute atomic E-state index is 12.7. The van der Waals surface area contributed by atoms with Crippen LogP contribution in [0.2, 0.25) is 0 Å². The molecular weight excluding hydrogens is 638 g/mol. The fourth-order valence-electron chi connectivity index (χ4n) is 8.18. The van der Waals surface area contributed by atoms with Gasteiger partial charge in [0, 0.05) is 76.2 Å². The number of piperidine rings is 1. The first-order chi connectivity index (χ1) is 23.9. The van der Waals surface area contributed by atoms with Gasteiger partial charge >= 0.3 is 5.97 Å². The zero-order valence-corrected chi connectivity index (χ0v) is 29.6. The average molecular weight is 694 g/mol. The molecule has 12 heteroatoms. The van der Waals surface area contributed by atoms with E-state index in [1.807, 2.05) is 0 Å². The number of hydrogen-bond donors (Lipinski definition) is 8. The summed E-state index contributed by atoms with van der Waals surface area (Å²) in [6, 6.07) is 3.34. The fourth-order valence-corrected chi connectivity index (χ4v) is 8.18. The first-order valence-electron chi connectivity index (χ1n) is 18.0. The fraction of sp³-hybridized carbons (Fsp3) is 0.684. The lowest BCUT2D eigenvalue weighted by Gasteiger charge is -2.43. The lowest BCUT2D eigenvalue weighted by atomic mass is 9.70. The van der Waals surface area contributed by atoms with Crippen molar-refractivity contribution >= 4 is 11.9 Å². The largest absolute Gasteiger partial charge is 0.504 e. The molecule has 3 heterocycles. The number of benzene rings is 1.